The molecule has 10 heteroatoms. The van der Waals surface area contributed by atoms with E-state index in [1.807, 2.05) is 17.2 Å². The minimum atomic E-state index is -0.628. The van der Waals surface area contributed by atoms with Crippen molar-refractivity contribution in [3.63, 3.8) is 0 Å². The van der Waals surface area contributed by atoms with Crippen LogP contribution < -0.4 is 20.3 Å². The smallest absolute Gasteiger partial charge is 0.251 e. The number of piperidine rings is 1. The van der Waals surface area contributed by atoms with Gasteiger partial charge in [-0.05, 0) is 48.2 Å². The number of amides is 1. The first-order valence-corrected chi connectivity index (χ1v) is 15.3. The average molecular weight is 585 g/mol. The number of likely N-dealkylation sites (tertiary alicyclic amines) is 1. The van der Waals surface area contributed by atoms with E-state index < -0.39 is 18.1 Å². The fraction of sp³-hybridized carbons (Fsp3) is 0.594. The van der Waals surface area contributed by atoms with Gasteiger partial charge in [0.2, 0.25) is 0 Å². The number of methoxy groups -OCH3 is 1. The van der Waals surface area contributed by atoms with E-state index in [1.54, 1.807) is 32.4 Å². The second-order valence-corrected chi connectivity index (χ2v) is 11.2. The van der Waals surface area contributed by atoms with Gasteiger partial charge in [0.25, 0.3) is 5.91 Å². The average Bonchev–Trinajstić information content (AvgIpc) is 3.03. The number of ether oxygens (including phenoxy) is 2. The number of rotatable bonds is 13. The molecular weight excluding hydrogens is 536 g/mol. The highest BCUT2D eigenvalue weighted by Crippen LogP contribution is 2.36. The number of hydrogen-bond acceptors (Lipinski definition) is 9. The highest BCUT2D eigenvalue weighted by molar-refractivity contribution is 5.94. The molecule has 10 nitrogen and oxygen atoms in total. The molecule has 2 aliphatic rings. The van der Waals surface area contributed by atoms with Crippen molar-refractivity contribution in [2.24, 2.45) is 5.92 Å². The lowest BCUT2D eigenvalue weighted by molar-refractivity contribution is -0.431. The number of aliphatic hydroxyl groups is 1. The number of carbonyl (C=O) groups is 1. The van der Waals surface area contributed by atoms with E-state index in [-0.39, 0.29) is 11.8 Å². The Morgan fingerprint density at radius 1 is 1.12 bits per heavy atom. The van der Waals surface area contributed by atoms with E-state index >= 15 is 0 Å². The number of hydrogen-bond donors (Lipinski definition) is 3. The SMILES string of the molecule is CCCCN1O[C@H]([C@H](O)C(CC)CC)NOC12CCN(Cc1ccc(Oc3ccc(C(=O)NC)cc3OC)cc1)CC2. The van der Waals surface area contributed by atoms with Crippen LogP contribution >= 0.6 is 0 Å². The van der Waals surface area contributed by atoms with Crippen LogP contribution in [0.1, 0.15) is 75.2 Å². The standard InChI is InChI=1S/C32H48N4O6/c1-6-9-18-36-32(42-34-31(41-36)29(37)24(7-2)8-3)16-19-35(20-17-32)22-23-10-13-26(14-11-23)40-27-15-12-25(30(38)33-4)21-28(27)39-5/h10-15,21,24,29,31,34,37H,6-9,16-20,22H2,1-5H3,(H,33,38)/t29-,31-/m1/s1. The summed E-state index contributed by atoms with van der Waals surface area (Å²) in [6.45, 7) is 9.68. The molecule has 2 aromatic rings. The van der Waals surface area contributed by atoms with Crippen molar-refractivity contribution < 1.29 is 29.0 Å². The summed E-state index contributed by atoms with van der Waals surface area (Å²) in [6, 6.07) is 13.2. The van der Waals surface area contributed by atoms with Crippen molar-refractivity contribution in [2.45, 2.75) is 83.9 Å². The lowest BCUT2D eigenvalue weighted by Crippen LogP contribution is -2.67. The van der Waals surface area contributed by atoms with Crippen molar-refractivity contribution in [1.82, 2.24) is 20.8 Å². The van der Waals surface area contributed by atoms with Crippen LogP contribution in [0.2, 0.25) is 0 Å². The Hall–Kier alpha value is -2.73. The van der Waals surface area contributed by atoms with Crippen molar-refractivity contribution in [3.05, 3.63) is 53.6 Å². The molecule has 2 saturated heterocycles. The number of hydroxylamine groups is 3. The summed E-state index contributed by atoms with van der Waals surface area (Å²) in [7, 11) is 3.15. The quantitative estimate of drug-likeness (QED) is 0.305. The van der Waals surface area contributed by atoms with Gasteiger partial charge in [-0.15, -0.1) is 0 Å². The Morgan fingerprint density at radius 3 is 2.45 bits per heavy atom. The predicted molar refractivity (Wildman–Crippen MR) is 161 cm³/mol. The van der Waals surface area contributed by atoms with Gasteiger partial charge in [-0.25, -0.2) is 0 Å². The Balaban J connectivity index is 1.33. The van der Waals surface area contributed by atoms with E-state index in [9.17, 15) is 9.90 Å². The molecule has 0 unspecified atom stereocenters. The molecule has 3 N–H and O–H groups in total. The largest absolute Gasteiger partial charge is 0.493 e. The summed E-state index contributed by atoms with van der Waals surface area (Å²) in [6.07, 6.45) is 4.24. The van der Waals surface area contributed by atoms with Crippen molar-refractivity contribution in [2.75, 3.05) is 33.8 Å². The molecule has 232 valence electrons. The molecule has 0 aromatic heterocycles. The first kappa shape index (κ1) is 32.2. The van der Waals surface area contributed by atoms with E-state index in [0.29, 0.717) is 22.8 Å². The van der Waals surface area contributed by atoms with Gasteiger partial charge in [0.1, 0.15) is 11.9 Å². The molecule has 0 saturated carbocycles. The highest BCUT2D eigenvalue weighted by atomic mass is 16.8. The van der Waals surface area contributed by atoms with E-state index in [1.165, 1.54) is 5.56 Å². The molecule has 0 bridgehead atoms. The second-order valence-electron chi connectivity index (χ2n) is 11.2. The number of nitrogens with one attached hydrogen (secondary N) is 2. The molecule has 0 radical (unpaired) electrons. The lowest BCUT2D eigenvalue weighted by Gasteiger charge is -2.52. The highest BCUT2D eigenvalue weighted by Gasteiger charge is 2.48. The summed E-state index contributed by atoms with van der Waals surface area (Å²) < 4.78 is 11.5. The number of unbranched alkanes of at least 4 members (excludes halogenated alkanes) is 1. The molecule has 4 rings (SSSR count). The molecule has 42 heavy (non-hydrogen) atoms. The third kappa shape index (κ3) is 7.61. The van der Waals surface area contributed by atoms with Gasteiger partial charge in [0.15, 0.2) is 23.5 Å². The summed E-state index contributed by atoms with van der Waals surface area (Å²) >= 11 is 0. The van der Waals surface area contributed by atoms with Crippen LogP contribution in [0.15, 0.2) is 42.5 Å². The van der Waals surface area contributed by atoms with Crippen LogP contribution in [-0.2, 0) is 16.2 Å². The monoisotopic (exact) mass is 584 g/mol. The van der Waals surface area contributed by atoms with Gasteiger partial charge in [0.05, 0.1) is 7.11 Å². The molecular formula is C32H48N4O6. The first-order chi connectivity index (χ1) is 20.4. The molecule has 1 amide bonds. The maximum Gasteiger partial charge on any atom is 0.251 e. The summed E-state index contributed by atoms with van der Waals surface area (Å²) in [5.74, 6) is 1.71. The van der Waals surface area contributed by atoms with Crippen LogP contribution in [0.5, 0.6) is 17.2 Å². The molecule has 2 aromatic carbocycles. The third-order valence-corrected chi connectivity index (χ3v) is 8.46. The maximum absolute atomic E-state index is 11.9. The number of nitrogens with zero attached hydrogens (tertiary/aromatic N) is 2. The van der Waals surface area contributed by atoms with Crippen LogP contribution in [0.25, 0.3) is 0 Å². The second kappa shape index (κ2) is 15.1. The van der Waals surface area contributed by atoms with Crippen LogP contribution in [0, 0.1) is 5.92 Å². The van der Waals surface area contributed by atoms with Gasteiger partial charge in [0, 0.05) is 51.6 Å². The van der Waals surface area contributed by atoms with Crippen LogP contribution in [0.3, 0.4) is 0 Å². The van der Waals surface area contributed by atoms with Gasteiger partial charge in [-0.3, -0.25) is 19.4 Å². The van der Waals surface area contributed by atoms with Gasteiger partial charge >= 0.3 is 0 Å². The number of benzene rings is 2. The summed E-state index contributed by atoms with van der Waals surface area (Å²) in [5, 5.41) is 15.5. The van der Waals surface area contributed by atoms with Crippen LogP contribution in [-0.4, -0.2) is 72.8 Å². The van der Waals surface area contributed by atoms with Gasteiger partial charge < -0.3 is 19.9 Å². The molecule has 2 atom stereocenters. The Kier molecular flexibility index (Phi) is 11.6. The maximum atomic E-state index is 11.9. The lowest BCUT2D eigenvalue weighted by atomic mass is 9.95. The van der Waals surface area contributed by atoms with Crippen molar-refractivity contribution in [1.29, 1.82) is 0 Å². The normalized spacial score (nSPS) is 20.0. The molecule has 2 heterocycles. The van der Waals surface area contributed by atoms with E-state index in [0.717, 1.165) is 64.7 Å². The number of aliphatic hydroxyl groups excluding tert-OH is 1. The Morgan fingerprint density at radius 2 is 1.83 bits per heavy atom. The molecule has 2 aliphatic heterocycles. The topological polar surface area (TPSA) is 105 Å². The Bertz CT molecular complexity index is 1130. The summed E-state index contributed by atoms with van der Waals surface area (Å²) in [4.78, 5) is 27.1. The van der Waals surface area contributed by atoms with Crippen molar-refractivity contribution >= 4 is 5.91 Å². The third-order valence-electron chi connectivity index (χ3n) is 8.46. The minimum absolute atomic E-state index is 0.156. The Labute approximate surface area is 250 Å². The summed E-state index contributed by atoms with van der Waals surface area (Å²) in [5.41, 5.74) is 4.23. The predicted octanol–water partition coefficient (Wildman–Crippen LogP) is 4.83. The van der Waals surface area contributed by atoms with E-state index in [2.05, 4.69) is 48.6 Å². The first-order valence-electron chi connectivity index (χ1n) is 15.3. The zero-order valence-electron chi connectivity index (χ0n) is 25.7. The molecule has 0 aliphatic carbocycles. The zero-order chi connectivity index (χ0) is 30.1. The fourth-order valence-corrected chi connectivity index (χ4v) is 5.68. The van der Waals surface area contributed by atoms with Gasteiger partial charge in [-0.2, -0.15) is 10.5 Å². The zero-order valence-corrected chi connectivity index (χ0v) is 25.7. The number of carbonyl (C=O) groups excluding carboxylic acids is 1. The van der Waals surface area contributed by atoms with Crippen LogP contribution in [0.4, 0.5) is 0 Å². The minimum Gasteiger partial charge on any atom is -0.493 e. The van der Waals surface area contributed by atoms with E-state index in [4.69, 9.17) is 19.1 Å². The fourth-order valence-electron chi connectivity index (χ4n) is 5.68. The van der Waals surface area contributed by atoms with Crippen molar-refractivity contribution in [3.8, 4) is 17.2 Å². The molecule has 1 spiro atoms. The van der Waals surface area contributed by atoms with Gasteiger partial charge in [-0.1, -0.05) is 52.2 Å². The molecule has 2 fully saturated rings.